The molecule has 2 unspecified atom stereocenters. The normalized spacial score (nSPS) is 28.8. The zero-order valence-electron chi connectivity index (χ0n) is 16.7. The van der Waals surface area contributed by atoms with Crippen LogP contribution in [0.1, 0.15) is 33.1 Å². The molecule has 0 spiro atoms. The summed E-state index contributed by atoms with van der Waals surface area (Å²) in [5, 5.41) is 3.51. The van der Waals surface area contributed by atoms with Crippen LogP contribution in [0.25, 0.3) is 0 Å². The molecule has 0 aromatic carbocycles. The monoisotopic (exact) mass is 479 g/mol. The van der Waals surface area contributed by atoms with Gasteiger partial charge < -0.3 is 19.9 Å². The second-order valence-electron chi connectivity index (χ2n) is 7.82. The molecule has 3 saturated heterocycles. The Hall–Kier alpha value is -0.120. The SMILES string of the molecule is CCNC(=NCCN1CCCC(C)C1)N1CCC(N2CCOCC2)C1.I. The van der Waals surface area contributed by atoms with Gasteiger partial charge >= 0.3 is 0 Å². The number of morpholine rings is 1. The number of likely N-dealkylation sites (tertiary alicyclic amines) is 2. The fourth-order valence-corrected chi connectivity index (χ4v) is 4.39. The number of piperidine rings is 1. The molecule has 3 aliphatic heterocycles. The molecule has 0 saturated carbocycles. The van der Waals surface area contributed by atoms with Gasteiger partial charge in [0, 0.05) is 51.9 Å². The van der Waals surface area contributed by atoms with E-state index in [-0.39, 0.29) is 24.0 Å². The first-order chi connectivity index (χ1) is 12.3. The molecule has 3 aliphatic rings. The molecule has 0 bridgehead atoms. The van der Waals surface area contributed by atoms with Crippen LogP contribution in [0.2, 0.25) is 0 Å². The fraction of sp³-hybridized carbons (Fsp3) is 0.947. The van der Waals surface area contributed by atoms with Crippen molar-refractivity contribution >= 4 is 29.9 Å². The van der Waals surface area contributed by atoms with E-state index in [2.05, 4.69) is 33.9 Å². The minimum absolute atomic E-state index is 0. The first-order valence-electron chi connectivity index (χ1n) is 10.3. The van der Waals surface area contributed by atoms with E-state index in [4.69, 9.17) is 9.73 Å². The van der Waals surface area contributed by atoms with Gasteiger partial charge in [-0.3, -0.25) is 9.89 Å². The van der Waals surface area contributed by atoms with Crippen LogP contribution in [0.4, 0.5) is 0 Å². The van der Waals surface area contributed by atoms with Crippen molar-refractivity contribution in [2.75, 3.05) is 72.1 Å². The van der Waals surface area contributed by atoms with Crippen molar-refractivity contribution in [2.24, 2.45) is 10.9 Å². The fourth-order valence-electron chi connectivity index (χ4n) is 4.39. The third-order valence-corrected chi connectivity index (χ3v) is 5.78. The number of guanidine groups is 1. The molecule has 0 amide bonds. The van der Waals surface area contributed by atoms with Crippen LogP contribution in [0.15, 0.2) is 4.99 Å². The standard InChI is InChI=1S/C19H37N5O.HI/c1-3-20-19(21-7-10-22-8-4-5-17(2)15-22)24-9-6-18(16-24)23-11-13-25-14-12-23;/h17-18H,3-16H2,1-2H3,(H,20,21);1H. The number of nitrogens with one attached hydrogen (secondary N) is 1. The molecule has 3 heterocycles. The largest absolute Gasteiger partial charge is 0.379 e. The predicted octanol–water partition coefficient (Wildman–Crippen LogP) is 1.71. The number of nitrogens with zero attached hydrogens (tertiary/aromatic N) is 4. The highest BCUT2D eigenvalue weighted by Gasteiger charge is 2.30. The van der Waals surface area contributed by atoms with E-state index >= 15 is 0 Å². The lowest BCUT2D eigenvalue weighted by atomic mass is 10.0. The highest BCUT2D eigenvalue weighted by atomic mass is 127. The Morgan fingerprint density at radius 2 is 1.92 bits per heavy atom. The third kappa shape index (κ3) is 6.49. The lowest BCUT2D eigenvalue weighted by molar-refractivity contribution is 0.0195. The topological polar surface area (TPSA) is 43.3 Å². The lowest BCUT2D eigenvalue weighted by Crippen LogP contribution is -2.47. The minimum atomic E-state index is 0. The van der Waals surface area contributed by atoms with Gasteiger partial charge in [0.1, 0.15) is 0 Å². The molecule has 7 heteroatoms. The van der Waals surface area contributed by atoms with Crippen molar-refractivity contribution in [3.05, 3.63) is 0 Å². The van der Waals surface area contributed by atoms with Crippen molar-refractivity contribution in [2.45, 2.75) is 39.2 Å². The zero-order chi connectivity index (χ0) is 17.5. The van der Waals surface area contributed by atoms with Gasteiger partial charge in [0.05, 0.1) is 19.8 Å². The Bertz CT molecular complexity index is 430. The Balaban J connectivity index is 0.00000243. The van der Waals surface area contributed by atoms with Crippen LogP contribution in [0.3, 0.4) is 0 Å². The highest BCUT2D eigenvalue weighted by Crippen LogP contribution is 2.17. The summed E-state index contributed by atoms with van der Waals surface area (Å²) in [6, 6.07) is 0.663. The molecular weight excluding hydrogens is 441 g/mol. The number of hydrogen-bond donors (Lipinski definition) is 1. The quantitative estimate of drug-likeness (QED) is 0.370. The van der Waals surface area contributed by atoms with E-state index in [9.17, 15) is 0 Å². The summed E-state index contributed by atoms with van der Waals surface area (Å²) in [5.41, 5.74) is 0. The van der Waals surface area contributed by atoms with E-state index in [0.717, 1.165) is 70.9 Å². The first-order valence-corrected chi connectivity index (χ1v) is 10.3. The first kappa shape index (κ1) is 22.2. The molecule has 152 valence electrons. The molecule has 3 fully saturated rings. The smallest absolute Gasteiger partial charge is 0.194 e. The average molecular weight is 479 g/mol. The van der Waals surface area contributed by atoms with Gasteiger partial charge in [-0.05, 0) is 38.6 Å². The number of halogens is 1. The van der Waals surface area contributed by atoms with Crippen molar-refractivity contribution in [1.82, 2.24) is 20.0 Å². The minimum Gasteiger partial charge on any atom is -0.379 e. The molecular formula is C19H38IN5O. The summed E-state index contributed by atoms with van der Waals surface area (Å²) >= 11 is 0. The number of rotatable bonds is 5. The molecule has 3 rings (SSSR count). The van der Waals surface area contributed by atoms with Crippen LogP contribution in [0, 0.1) is 5.92 Å². The maximum absolute atomic E-state index is 5.49. The van der Waals surface area contributed by atoms with Crippen molar-refractivity contribution in [3.8, 4) is 0 Å². The summed E-state index contributed by atoms with van der Waals surface area (Å²) < 4.78 is 5.49. The molecule has 0 aromatic rings. The molecule has 2 atom stereocenters. The van der Waals surface area contributed by atoms with E-state index < -0.39 is 0 Å². The maximum atomic E-state index is 5.49. The van der Waals surface area contributed by atoms with E-state index in [1.165, 1.54) is 32.4 Å². The van der Waals surface area contributed by atoms with Crippen LogP contribution in [0.5, 0.6) is 0 Å². The zero-order valence-corrected chi connectivity index (χ0v) is 19.0. The lowest BCUT2D eigenvalue weighted by Gasteiger charge is -2.32. The number of aliphatic imine (C=N–C) groups is 1. The molecule has 0 aromatic heterocycles. The van der Waals surface area contributed by atoms with Crippen molar-refractivity contribution in [1.29, 1.82) is 0 Å². The second kappa shape index (κ2) is 11.7. The van der Waals surface area contributed by atoms with Crippen LogP contribution in [-0.2, 0) is 4.74 Å². The Kier molecular flexibility index (Phi) is 9.94. The highest BCUT2D eigenvalue weighted by molar-refractivity contribution is 14.0. The third-order valence-electron chi connectivity index (χ3n) is 5.78. The van der Waals surface area contributed by atoms with Crippen LogP contribution < -0.4 is 5.32 Å². The van der Waals surface area contributed by atoms with Gasteiger partial charge in [-0.1, -0.05) is 6.92 Å². The van der Waals surface area contributed by atoms with Gasteiger partial charge in [0.15, 0.2) is 5.96 Å². The van der Waals surface area contributed by atoms with Gasteiger partial charge in [-0.2, -0.15) is 0 Å². The summed E-state index contributed by atoms with van der Waals surface area (Å²) in [6.07, 6.45) is 3.98. The van der Waals surface area contributed by atoms with Crippen molar-refractivity contribution < 1.29 is 4.74 Å². The molecule has 6 nitrogen and oxygen atoms in total. The number of hydrogen-bond acceptors (Lipinski definition) is 4. The number of ether oxygens (including phenoxy) is 1. The molecule has 1 N–H and O–H groups in total. The van der Waals surface area contributed by atoms with E-state index in [1.807, 2.05) is 0 Å². The summed E-state index contributed by atoms with van der Waals surface area (Å²) in [6.45, 7) is 16.1. The predicted molar refractivity (Wildman–Crippen MR) is 119 cm³/mol. The summed E-state index contributed by atoms with van der Waals surface area (Å²) in [5.74, 6) is 1.96. The Morgan fingerprint density at radius 3 is 2.65 bits per heavy atom. The molecule has 0 aliphatic carbocycles. The van der Waals surface area contributed by atoms with E-state index in [1.54, 1.807) is 0 Å². The average Bonchev–Trinajstić information content (AvgIpc) is 3.12. The summed E-state index contributed by atoms with van der Waals surface area (Å²) in [7, 11) is 0. The van der Waals surface area contributed by atoms with Crippen LogP contribution >= 0.6 is 24.0 Å². The van der Waals surface area contributed by atoms with Gasteiger partial charge in [0.2, 0.25) is 0 Å². The molecule has 0 radical (unpaired) electrons. The maximum Gasteiger partial charge on any atom is 0.194 e. The second-order valence-corrected chi connectivity index (χ2v) is 7.82. The summed E-state index contributed by atoms with van der Waals surface area (Å²) in [4.78, 5) is 12.6. The van der Waals surface area contributed by atoms with Gasteiger partial charge in [-0.25, -0.2) is 0 Å². The van der Waals surface area contributed by atoms with E-state index in [0.29, 0.717) is 6.04 Å². The van der Waals surface area contributed by atoms with Gasteiger partial charge in [-0.15, -0.1) is 24.0 Å². The van der Waals surface area contributed by atoms with Crippen molar-refractivity contribution in [3.63, 3.8) is 0 Å². The van der Waals surface area contributed by atoms with Gasteiger partial charge in [0.25, 0.3) is 0 Å². The Labute approximate surface area is 176 Å². The Morgan fingerprint density at radius 1 is 1.12 bits per heavy atom. The molecule has 26 heavy (non-hydrogen) atoms. The van der Waals surface area contributed by atoms with Crippen LogP contribution in [-0.4, -0.2) is 98.8 Å².